The molecule has 2 aromatic heterocycles. The Balaban J connectivity index is 1.40. The van der Waals surface area contributed by atoms with E-state index in [9.17, 15) is 26.4 Å². The first kappa shape index (κ1) is 22.0. The van der Waals surface area contributed by atoms with Crippen molar-refractivity contribution in [3.8, 4) is 5.82 Å². The molecular weight excluding hydrogens is 447 g/mol. The zero-order chi connectivity index (χ0) is 22.9. The standard InChI is InChI=1S/C20H18F3N5O3S/c21-20(22,23)16-3-5-17(6-4-16)32(30,31)27-12-10-26(11-13-27)19(29)15-2-7-18(24-14-15)28-9-1-8-25-28/h1-9,14H,10-13H2. The molecule has 1 amide bonds. The van der Waals surface area contributed by atoms with E-state index in [1.54, 1.807) is 35.3 Å². The van der Waals surface area contributed by atoms with E-state index in [-0.39, 0.29) is 37.0 Å². The molecule has 0 saturated carbocycles. The lowest BCUT2D eigenvalue weighted by Gasteiger charge is -2.34. The Hall–Kier alpha value is -3.25. The summed E-state index contributed by atoms with van der Waals surface area (Å²) in [5.74, 6) is 0.273. The highest BCUT2D eigenvalue weighted by Gasteiger charge is 2.33. The first-order valence-electron chi connectivity index (χ1n) is 9.59. The maximum atomic E-state index is 12.8. The fourth-order valence-corrected chi connectivity index (χ4v) is 4.75. The second kappa shape index (κ2) is 8.36. The Kier molecular flexibility index (Phi) is 5.73. The van der Waals surface area contributed by atoms with Gasteiger partial charge in [-0.05, 0) is 42.5 Å². The first-order valence-corrected chi connectivity index (χ1v) is 11.0. The van der Waals surface area contributed by atoms with Crippen molar-refractivity contribution in [2.24, 2.45) is 0 Å². The number of aromatic nitrogens is 3. The molecule has 4 rings (SSSR count). The third-order valence-electron chi connectivity index (χ3n) is 5.08. The summed E-state index contributed by atoms with van der Waals surface area (Å²) in [4.78, 5) is 18.3. The van der Waals surface area contributed by atoms with E-state index in [4.69, 9.17) is 0 Å². The second-order valence-electron chi connectivity index (χ2n) is 7.07. The van der Waals surface area contributed by atoms with Crippen LogP contribution in [0.15, 0.2) is 66.0 Å². The minimum Gasteiger partial charge on any atom is -0.336 e. The number of benzene rings is 1. The molecule has 0 N–H and O–H groups in total. The average molecular weight is 465 g/mol. The lowest BCUT2D eigenvalue weighted by Crippen LogP contribution is -2.50. The number of sulfonamides is 1. The van der Waals surface area contributed by atoms with E-state index >= 15 is 0 Å². The van der Waals surface area contributed by atoms with E-state index in [2.05, 4.69) is 10.1 Å². The summed E-state index contributed by atoms with van der Waals surface area (Å²) in [7, 11) is -3.96. The molecule has 0 unspecified atom stereocenters. The van der Waals surface area contributed by atoms with Crippen molar-refractivity contribution in [2.45, 2.75) is 11.1 Å². The van der Waals surface area contributed by atoms with Gasteiger partial charge in [-0.1, -0.05) is 0 Å². The van der Waals surface area contributed by atoms with Gasteiger partial charge < -0.3 is 4.90 Å². The third-order valence-corrected chi connectivity index (χ3v) is 6.99. The average Bonchev–Trinajstić information content (AvgIpc) is 3.33. The molecule has 0 radical (unpaired) electrons. The second-order valence-corrected chi connectivity index (χ2v) is 9.01. The van der Waals surface area contributed by atoms with Crippen molar-refractivity contribution in [3.05, 3.63) is 72.2 Å². The third kappa shape index (κ3) is 4.36. The maximum absolute atomic E-state index is 12.8. The minimum absolute atomic E-state index is 0.0356. The first-order chi connectivity index (χ1) is 15.2. The summed E-state index contributed by atoms with van der Waals surface area (Å²) in [6, 6.07) is 8.41. The van der Waals surface area contributed by atoms with Crippen LogP contribution in [0, 0.1) is 0 Å². The van der Waals surface area contributed by atoms with Crippen molar-refractivity contribution < 1.29 is 26.4 Å². The smallest absolute Gasteiger partial charge is 0.336 e. The summed E-state index contributed by atoms with van der Waals surface area (Å²) in [5, 5.41) is 4.06. The number of rotatable bonds is 4. The van der Waals surface area contributed by atoms with E-state index in [1.807, 2.05) is 0 Å². The van der Waals surface area contributed by atoms with Gasteiger partial charge in [-0.15, -0.1) is 0 Å². The van der Waals surface area contributed by atoms with Crippen molar-refractivity contribution in [1.29, 1.82) is 0 Å². The fraction of sp³-hybridized carbons (Fsp3) is 0.250. The number of carbonyl (C=O) groups is 1. The summed E-state index contributed by atoms with van der Waals surface area (Å²) >= 11 is 0. The zero-order valence-corrected chi connectivity index (χ0v) is 17.4. The highest BCUT2D eigenvalue weighted by molar-refractivity contribution is 7.89. The molecule has 1 fully saturated rings. The lowest BCUT2D eigenvalue weighted by molar-refractivity contribution is -0.137. The lowest BCUT2D eigenvalue weighted by atomic mass is 10.2. The van der Waals surface area contributed by atoms with Gasteiger partial charge in [-0.2, -0.15) is 22.6 Å². The normalized spacial score (nSPS) is 15.7. The molecular formula is C20H18F3N5O3S. The van der Waals surface area contributed by atoms with Crippen LogP contribution in [0.3, 0.4) is 0 Å². The molecule has 0 atom stereocenters. The Morgan fingerprint density at radius 3 is 2.19 bits per heavy atom. The van der Waals surface area contributed by atoms with Crippen LogP contribution in [0.25, 0.3) is 5.82 Å². The van der Waals surface area contributed by atoms with Crippen LogP contribution >= 0.6 is 0 Å². The molecule has 168 valence electrons. The van der Waals surface area contributed by atoms with Crippen LogP contribution in [0.2, 0.25) is 0 Å². The quantitative estimate of drug-likeness (QED) is 0.591. The molecule has 32 heavy (non-hydrogen) atoms. The maximum Gasteiger partial charge on any atom is 0.416 e. The van der Waals surface area contributed by atoms with Gasteiger partial charge in [-0.3, -0.25) is 4.79 Å². The molecule has 3 aromatic rings. The SMILES string of the molecule is O=C(c1ccc(-n2cccn2)nc1)N1CCN(S(=O)(=O)c2ccc(C(F)(F)F)cc2)CC1. The number of hydrogen-bond acceptors (Lipinski definition) is 5. The van der Waals surface area contributed by atoms with Gasteiger partial charge in [0, 0.05) is 44.8 Å². The number of pyridine rings is 1. The topological polar surface area (TPSA) is 88.4 Å². The van der Waals surface area contributed by atoms with Crippen LogP contribution in [0.4, 0.5) is 13.2 Å². The van der Waals surface area contributed by atoms with Crippen molar-refractivity contribution in [3.63, 3.8) is 0 Å². The van der Waals surface area contributed by atoms with Gasteiger partial charge in [-0.25, -0.2) is 18.1 Å². The summed E-state index contributed by atoms with van der Waals surface area (Å²) < 4.78 is 66.4. The molecule has 1 saturated heterocycles. The molecule has 3 heterocycles. The fourth-order valence-electron chi connectivity index (χ4n) is 3.33. The monoisotopic (exact) mass is 465 g/mol. The number of hydrogen-bond donors (Lipinski definition) is 0. The Labute approximate surface area is 181 Å². The van der Waals surface area contributed by atoms with E-state index < -0.39 is 21.8 Å². The van der Waals surface area contributed by atoms with Gasteiger partial charge >= 0.3 is 6.18 Å². The molecule has 0 aliphatic carbocycles. The van der Waals surface area contributed by atoms with Crippen molar-refractivity contribution in [1.82, 2.24) is 24.0 Å². The number of amides is 1. The Bertz CT molecular complexity index is 1190. The summed E-state index contributed by atoms with van der Waals surface area (Å²) in [5.41, 5.74) is -0.556. The van der Waals surface area contributed by atoms with Crippen molar-refractivity contribution in [2.75, 3.05) is 26.2 Å². The van der Waals surface area contributed by atoms with E-state index in [0.29, 0.717) is 11.4 Å². The molecule has 1 aromatic carbocycles. The number of piperazine rings is 1. The van der Waals surface area contributed by atoms with Crippen LogP contribution in [0.1, 0.15) is 15.9 Å². The number of alkyl halides is 3. The largest absolute Gasteiger partial charge is 0.416 e. The van der Waals surface area contributed by atoms with Crippen LogP contribution in [0.5, 0.6) is 0 Å². The Morgan fingerprint density at radius 1 is 0.969 bits per heavy atom. The summed E-state index contributed by atoms with van der Waals surface area (Å²) in [6.45, 7) is 0.376. The van der Waals surface area contributed by atoms with Gasteiger partial charge in [0.2, 0.25) is 10.0 Å². The predicted octanol–water partition coefficient (Wildman–Crippen LogP) is 2.43. The van der Waals surface area contributed by atoms with Gasteiger partial charge in [0.15, 0.2) is 5.82 Å². The molecule has 1 aliphatic rings. The van der Waals surface area contributed by atoms with Gasteiger partial charge in [0.25, 0.3) is 5.91 Å². The summed E-state index contributed by atoms with van der Waals surface area (Å²) in [6.07, 6.45) is 0.226. The van der Waals surface area contributed by atoms with Crippen LogP contribution < -0.4 is 0 Å². The number of nitrogens with zero attached hydrogens (tertiary/aromatic N) is 5. The van der Waals surface area contributed by atoms with E-state index in [1.165, 1.54) is 15.4 Å². The molecule has 0 bridgehead atoms. The molecule has 8 nitrogen and oxygen atoms in total. The number of carbonyl (C=O) groups excluding carboxylic acids is 1. The van der Waals surface area contributed by atoms with E-state index in [0.717, 1.165) is 24.3 Å². The Morgan fingerprint density at radius 2 is 1.66 bits per heavy atom. The molecule has 0 spiro atoms. The van der Waals surface area contributed by atoms with Crippen LogP contribution in [-0.4, -0.2) is 64.5 Å². The van der Waals surface area contributed by atoms with Crippen LogP contribution in [-0.2, 0) is 16.2 Å². The van der Waals surface area contributed by atoms with Gasteiger partial charge in [0.1, 0.15) is 0 Å². The predicted molar refractivity (Wildman–Crippen MR) is 107 cm³/mol. The molecule has 1 aliphatic heterocycles. The molecule has 12 heteroatoms. The zero-order valence-electron chi connectivity index (χ0n) is 16.6. The highest BCUT2D eigenvalue weighted by atomic mass is 32.2. The highest BCUT2D eigenvalue weighted by Crippen LogP contribution is 2.30. The van der Waals surface area contributed by atoms with Gasteiger partial charge in [0.05, 0.1) is 16.0 Å². The van der Waals surface area contributed by atoms with Crippen molar-refractivity contribution >= 4 is 15.9 Å². The minimum atomic E-state index is -4.54. The number of halogens is 3.